The topological polar surface area (TPSA) is 103 Å². The number of benzene rings is 2. The molecule has 2 aromatic heterocycles. The van der Waals surface area contributed by atoms with Gasteiger partial charge in [-0.3, -0.25) is 15.1 Å². The number of carbonyl (C=O) groups excluding carboxylic acids is 1. The molecule has 0 atom stereocenters. The number of rotatable bonds is 5. The number of amides is 1. The smallest absolute Gasteiger partial charge is 0.322 e. The van der Waals surface area contributed by atoms with Crippen LogP contribution in [0.3, 0.4) is 0 Å². The van der Waals surface area contributed by atoms with E-state index in [1.165, 1.54) is 6.20 Å². The SMILES string of the molecule is COc1ccc(Cc2nnc(NC(=O)c3cnc4ccccc4n3)o2)cc1. The Morgan fingerprint density at radius 2 is 1.85 bits per heavy atom. The van der Waals surface area contributed by atoms with Gasteiger partial charge in [0.1, 0.15) is 11.4 Å². The first-order valence-corrected chi connectivity index (χ1v) is 8.20. The number of fused-ring (bicyclic) bond motifs is 1. The molecule has 0 aliphatic rings. The van der Waals surface area contributed by atoms with E-state index in [2.05, 4.69) is 25.5 Å². The van der Waals surface area contributed by atoms with Gasteiger partial charge in [0.05, 0.1) is 30.8 Å². The molecule has 0 radical (unpaired) electrons. The maximum atomic E-state index is 12.3. The third-order valence-corrected chi connectivity index (χ3v) is 3.88. The van der Waals surface area contributed by atoms with E-state index in [-0.39, 0.29) is 11.7 Å². The molecular formula is C19H15N5O3. The van der Waals surface area contributed by atoms with Crippen LogP contribution in [0.25, 0.3) is 11.0 Å². The van der Waals surface area contributed by atoms with Gasteiger partial charge in [0.15, 0.2) is 0 Å². The van der Waals surface area contributed by atoms with Crippen LogP contribution < -0.4 is 10.1 Å². The molecule has 4 rings (SSSR count). The predicted octanol–water partition coefficient (Wildman–Crippen LogP) is 2.86. The summed E-state index contributed by atoms with van der Waals surface area (Å²) in [5.74, 6) is 0.696. The van der Waals surface area contributed by atoms with Gasteiger partial charge in [0.25, 0.3) is 5.91 Å². The summed E-state index contributed by atoms with van der Waals surface area (Å²) in [7, 11) is 1.61. The Labute approximate surface area is 154 Å². The predicted molar refractivity (Wildman–Crippen MR) is 97.6 cm³/mol. The van der Waals surface area contributed by atoms with Crippen LogP contribution in [0.2, 0.25) is 0 Å². The Balaban J connectivity index is 1.45. The lowest BCUT2D eigenvalue weighted by Crippen LogP contribution is -2.14. The first kappa shape index (κ1) is 16.6. The van der Waals surface area contributed by atoms with E-state index in [0.717, 1.165) is 11.3 Å². The van der Waals surface area contributed by atoms with Crippen molar-refractivity contribution >= 4 is 23.0 Å². The Morgan fingerprint density at radius 1 is 1.07 bits per heavy atom. The highest BCUT2D eigenvalue weighted by molar-refractivity contribution is 6.02. The summed E-state index contributed by atoms with van der Waals surface area (Å²) in [6.45, 7) is 0. The van der Waals surface area contributed by atoms with Crippen molar-refractivity contribution < 1.29 is 13.9 Å². The molecule has 2 heterocycles. The highest BCUT2D eigenvalue weighted by atomic mass is 16.5. The van der Waals surface area contributed by atoms with Crippen LogP contribution in [-0.2, 0) is 6.42 Å². The maximum Gasteiger partial charge on any atom is 0.322 e. The maximum absolute atomic E-state index is 12.3. The molecule has 0 bridgehead atoms. The van der Waals surface area contributed by atoms with E-state index in [4.69, 9.17) is 9.15 Å². The highest BCUT2D eigenvalue weighted by Crippen LogP contribution is 2.16. The Morgan fingerprint density at radius 3 is 2.63 bits per heavy atom. The van der Waals surface area contributed by atoms with Crippen molar-refractivity contribution in [2.45, 2.75) is 6.42 Å². The van der Waals surface area contributed by atoms with Gasteiger partial charge >= 0.3 is 6.01 Å². The molecule has 8 nitrogen and oxygen atoms in total. The molecule has 1 N–H and O–H groups in total. The first-order valence-electron chi connectivity index (χ1n) is 8.20. The number of hydrogen-bond donors (Lipinski definition) is 1. The van der Waals surface area contributed by atoms with Crippen molar-refractivity contribution in [3.8, 4) is 5.75 Å². The minimum atomic E-state index is -0.465. The fraction of sp³-hybridized carbons (Fsp3) is 0.105. The second-order valence-electron chi connectivity index (χ2n) is 5.72. The van der Waals surface area contributed by atoms with Crippen molar-refractivity contribution in [2.24, 2.45) is 0 Å². The number of nitrogens with zero attached hydrogens (tertiary/aromatic N) is 4. The Bertz CT molecular complexity index is 1090. The highest BCUT2D eigenvalue weighted by Gasteiger charge is 2.14. The van der Waals surface area contributed by atoms with Crippen molar-refractivity contribution in [3.05, 3.63) is 71.9 Å². The molecule has 0 fully saturated rings. The fourth-order valence-electron chi connectivity index (χ4n) is 2.52. The number of aromatic nitrogens is 4. The average molecular weight is 361 g/mol. The first-order chi connectivity index (χ1) is 13.2. The molecule has 134 valence electrons. The Kier molecular flexibility index (Phi) is 4.44. The number of anilines is 1. The average Bonchev–Trinajstić information content (AvgIpc) is 3.15. The summed E-state index contributed by atoms with van der Waals surface area (Å²) in [6.07, 6.45) is 1.86. The summed E-state index contributed by atoms with van der Waals surface area (Å²) < 4.78 is 10.6. The molecule has 8 heteroatoms. The van der Waals surface area contributed by atoms with Gasteiger partial charge < -0.3 is 9.15 Å². The number of nitrogens with one attached hydrogen (secondary N) is 1. The van der Waals surface area contributed by atoms with Gasteiger partial charge in [0, 0.05) is 0 Å². The van der Waals surface area contributed by atoms with Crippen LogP contribution in [0, 0.1) is 0 Å². The van der Waals surface area contributed by atoms with E-state index in [0.29, 0.717) is 23.3 Å². The summed E-state index contributed by atoms with van der Waals surface area (Å²) in [5.41, 5.74) is 2.51. The molecule has 27 heavy (non-hydrogen) atoms. The number of carbonyl (C=O) groups is 1. The number of methoxy groups -OCH3 is 1. The van der Waals surface area contributed by atoms with E-state index < -0.39 is 5.91 Å². The number of ether oxygens (including phenoxy) is 1. The summed E-state index contributed by atoms with van der Waals surface area (Å²) in [5, 5.41) is 10.4. The molecule has 0 aliphatic heterocycles. The van der Waals surface area contributed by atoms with Gasteiger partial charge in [0.2, 0.25) is 5.89 Å². The quantitative estimate of drug-likeness (QED) is 0.583. The number of hydrogen-bond acceptors (Lipinski definition) is 7. The van der Waals surface area contributed by atoms with Crippen LogP contribution in [0.4, 0.5) is 6.01 Å². The van der Waals surface area contributed by atoms with Crippen LogP contribution >= 0.6 is 0 Å². The summed E-state index contributed by atoms with van der Waals surface area (Å²) in [4.78, 5) is 20.8. The summed E-state index contributed by atoms with van der Waals surface area (Å²) in [6, 6.07) is 14.9. The minimum absolute atomic E-state index is 0.0125. The molecular weight excluding hydrogens is 346 g/mol. The van der Waals surface area contributed by atoms with Crippen LogP contribution in [0.1, 0.15) is 21.9 Å². The molecule has 0 unspecified atom stereocenters. The Hall–Kier alpha value is -3.81. The van der Waals surface area contributed by atoms with Crippen LogP contribution in [0.15, 0.2) is 59.1 Å². The van der Waals surface area contributed by atoms with Crippen molar-refractivity contribution in [3.63, 3.8) is 0 Å². The molecule has 0 saturated carbocycles. The zero-order valence-corrected chi connectivity index (χ0v) is 14.4. The largest absolute Gasteiger partial charge is 0.497 e. The lowest BCUT2D eigenvalue weighted by Gasteiger charge is -2.02. The third kappa shape index (κ3) is 3.74. The van der Waals surface area contributed by atoms with Gasteiger partial charge in [-0.15, -0.1) is 5.10 Å². The van der Waals surface area contributed by atoms with E-state index in [1.807, 2.05) is 42.5 Å². The molecule has 2 aromatic carbocycles. The lowest BCUT2D eigenvalue weighted by molar-refractivity contribution is 0.101. The molecule has 0 aliphatic carbocycles. The minimum Gasteiger partial charge on any atom is -0.497 e. The van der Waals surface area contributed by atoms with Gasteiger partial charge in [-0.2, -0.15) is 0 Å². The fourth-order valence-corrected chi connectivity index (χ4v) is 2.52. The second kappa shape index (κ2) is 7.20. The van der Waals surface area contributed by atoms with Gasteiger partial charge in [-0.1, -0.05) is 29.4 Å². The van der Waals surface area contributed by atoms with E-state index >= 15 is 0 Å². The van der Waals surface area contributed by atoms with Crippen LogP contribution in [0.5, 0.6) is 5.75 Å². The molecule has 1 amide bonds. The monoisotopic (exact) mass is 361 g/mol. The lowest BCUT2D eigenvalue weighted by atomic mass is 10.1. The zero-order valence-electron chi connectivity index (χ0n) is 14.4. The molecule has 4 aromatic rings. The molecule has 0 spiro atoms. The van der Waals surface area contributed by atoms with E-state index in [9.17, 15) is 4.79 Å². The zero-order chi connectivity index (χ0) is 18.6. The normalized spacial score (nSPS) is 10.7. The summed E-state index contributed by atoms with van der Waals surface area (Å²) >= 11 is 0. The van der Waals surface area contributed by atoms with Crippen molar-refractivity contribution in [1.82, 2.24) is 20.2 Å². The standard InChI is InChI=1S/C19H15N5O3/c1-26-13-8-6-12(7-9-13)10-17-23-24-19(27-17)22-18(25)16-11-20-14-4-2-3-5-15(14)21-16/h2-9,11H,10H2,1H3,(H,22,24,25). The molecule has 0 saturated heterocycles. The van der Waals surface area contributed by atoms with Crippen molar-refractivity contribution in [2.75, 3.05) is 12.4 Å². The van der Waals surface area contributed by atoms with Gasteiger partial charge in [-0.25, -0.2) is 4.98 Å². The second-order valence-corrected chi connectivity index (χ2v) is 5.72. The van der Waals surface area contributed by atoms with Gasteiger partial charge in [-0.05, 0) is 29.8 Å². The van der Waals surface area contributed by atoms with E-state index in [1.54, 1.807) is 13.2 Å². The van der Waals surface area contributed by atoms with Crippen LogP contribution in [-0.4, -0.2) is 33.2 Å². The number of para-hydroxylation sites is 2. The van der Waals surface area contributed by atoms with Crippen molar-refractivity contribution in [1.29, 1.82) is 0 Å². The third-order valence-electron chi connectivity index (χ3n) is 3.88.